The first-order valence-electron chi connectivity index (χ1n) is 12.1. The van der Waals surface area contributed by atoms with Crippen LogP contribution in [0, 0.1) is 17.8 Å². The molecule has 2 aliphatic heterocycles. The lowest BCUT2D eigenvalue weighted by Gasteiger charge is -2.47. The maximum absolute atomic E-state index is 12.9. The Morgan fingerprint density at radius 3 is 2.31 bits per heavy atom. The summed E-state index contributed by atoms with van der Waals surface area (Å²) in [6, 6.07) is 4.36. The molecule has 2 unspecified atom stereocenters. The number of carbonyl (C=O) groups is 1. The third-order valence-corrected chi connectivity index (χ3v) is 7.62. The molecule has 1 aromatic heterocycles. The maximum Gasteiger partial charge on any atom is 0.416 e. The average molecular weight is 507 g/mol. The zero-order valence-electron chi connectivity index (χ0n) is 19.6. The van der Waals surface area contributed by atoms with E-state index in [1.54, 1.807) is 0 Å². The van der Waals surface area contributed by atoms with Gasteiger partial charge in [0.15, 0.2) is 0 Å². The Morgan fingerprint density at radius 2 is 1.72 bits per heavy atom. The molecule has 12 heteroatoms. The Morgan fingerprint density at radius 1 is 1.08 bits per heavy atom. The van der Waals surface area contributed by atoms with Gasteiger partial charge in [0.05, 0.1) is 42.8 Å². The lowest BCUT2D eigenvalue weighted by atomic mass is 9.69. The number of alkyl halides is 3. The second-order valence-corrected chi connectivity index (χ2v) is 9.87. The second-order valence-electron chi connectivity index (χ2n) is 9.87. The van der Waals surface area contributed by atoms with Crippen LogP contribution in [0.4, 0.5) is 19.1 Å². The van der Waals surface area contributed by atoms with Crippen LogP contribution in [0.2, 0.25) is 0 Å². The van der Waals surface area contributed by atoms with Gasteiger partial charge in [0.25, 0.3) is 0 Å². The number of primary amides is 1. The molecule has 1 aliphatic carbocycles. The number of ether oxygens (including phenoxy) is 1. The van der Waals surface area contributed by atoms with Crippen LogP contribution in [-0.2, 0) is 15.7 Å². The summed E-state index contributed by atoms with van der Waals surface area (Å²) in [6.07, 6.45) is -1.97. The molecule has 3 fully saturated rings. The fourth-order valence-electron chi connectivity index (χ4n) is 5.81. The Balaban J connectivity index is 1.25. The second kappa shape index (κ2) is 9.91. The normalized spacial score (nSPS) is 28.1. The minimum atomic E-state index is -4.40. The zero-order chi connectivity index (χ0) is 25.4. The van der Waals surface area contributed by atoms with Gasteiger partial charge in [0, 0.05) is 43.6 Å². The number of fused-ring (bicyclic) bond motifs is 2. The van der Waals surface area contributed by atoms with Crippen molar-refractivity contribution < 1.29 is 27.8 Å². The van der Waals surface area contributed by atoms with Crippen molar-refractivity contribution in [3.8, 4) is 11.3 Å². The summed E-state index contributed by atoms with van der Waals surface area (Å²) in [5.41, 5.74) is 6.08. The number of piperazine rings is 1. The summed E-state index contributed by atoms with van der Waals surface area (Å²) in [5.74, 6) is 0.148. The number of nitrogens with two attached hydrogens (primary N) is 1. The van der Waals surface area contributed by atoms with Gasteiger partial charge in [0.1, 0.15) is 0 Å². The first kappa shape index (κ1) is 24.8. The number of amides is 1. The number of hydrogen-bond donors (Lipinski definition) is 2. The van der Waals surface area contributed by atoms with E-state index < -0.39 is 17.8 Å². The lowest BCUT2D eigenvalue weighted by molar-refractivity contribution is -0.139. The molecule has 9 nitrogen and oxygen atoms in total. The smallest absolute Gasteiger partial charge is 0.392 e. The van der Waals surface area contributed by atoms with Crippen molar-refractivity contribution in [2.45, 2.75) is 31.2 Å². The number of nitrogens with zero attached hydrogens (tertiary/aromatic N) is 5. The number of aliphatic hydroxyl groups excluding tert-OH is 1. The predicted octanol–water partition coefficient (Wildman–Crippen LogP) is 1.57. The van der Waals surface area contributed by atoms with Crippen molar-refractivity contribution in [1.82, 2.24) is 20.1 Å². The monoisotopic (exact) mass is 506 g/mol. The van der Waals surface area contributed by atoms with Gasteiger partial charge < -0.3 is 20.5 Å². The molecule has 3 aliphatic rings. The van der Waals surface area contributed by atoms with Crippen molar-refractivity contribution in [3.05, 3.63) is 36.0 Å². The molecule has 0 radical (unpaired) electrons. The lowest BCUT2D eigenvalue weighted by Crippen LogP contribution is -2.59. The van der Waals surface area contributed by atoms with E-state index in [0.717, 1.165) is 12.1 Å². The van der Waals surface area contributed by atoms with Crippen molar-refractivity contribution in [3.63, 3.8) is 0 Å². The van der Waals surface area contributed by atoms with Crippen LogP contribution < -0.4 is 10.6 Å². The molecule has 1 saturated carbocycles. The van der Waals surface area contributed by atoms with Crippen LogP contribution in [-0.4, -0.2) is 82.6 Å². The van der Waals surface area contributed by atoms with Gasteiger partial charge in [-0.1, -0.05) is 12.1 Å². The van der Waals surface area contributed by atoms with Gasteiger partial charge in [-0.15, -0.1) is 5.10 Å². The standard InChI is InChI=1S/C24H29F3N6O3/c25-24(26,27)18-3-1-14(2-4-18)19-11-29-31-23(30-19)33-7-5-32(6-8-33)20(22(28)35)15-9-16-12-36-13-17(10-15)21(16)34/h1-4,11,15-17,20-21,34H,5-10,12-13H2,(H2,28,35)/t15-,16+,17-,20?,21?. The number of carbonyl (C=O) groups excluding carboxylic acids is 1. The highest BCUT2D eigenvalue weighted by atomic mass is 19.4. The van der Waals surface area contributed by atoms with Crippen molar-refractivity contribution in [2.75, 3.05) is 44.3 Å². The summed E-state index contributed by atoms with van der Waals surface area (Å²) >= 11 is 0. The van der Waals surface area contributed by atoms with E-state index in [0.29, 0.717) is 69.4 Å². The molecule has 5 rings (SSSR count). The number of rotatable bonds is 5. The van der Waals surface area contributed by atoms with Crippen molar-refractivity contribution >= 4 is 11.9 Å². The molecule has 0 spiro atoms. The molecule has 1 amide bonds. The summed E-state index contributed by atoms with van der Waals surface area (Å²) in [7, 11) is 0. The fourth-order valence-corrected chi connectivity index (χ4v) is 5.81. The van der Waals surface area contributed by atoms with Gasteiger partial charge >= 0.3 is 6.18 Å². The Bertz CT molecular complexity index is 1060. The molecule has 194 valence electrons. The largest absolute Gasteiger partial charge is 0.416 e. The minimum absolute atomic E-state index is 0.0260. The number of hydrogen-bond acceptors (Lipinski definition) is 8. The van der Waals surface area contributed by atoms with Gasteiger partial charge in [-0.3, -0.25) is 9.69 Å². The van der Waals surface area contributed by atoms with Gasteiger partial charge in [-0.2, -0.15) is 18.3 Å². The van der Waals surface area contributed by atoms with E-state index in [1.165, 1.54) is 18.3 Å². The molecular weight excluding hydrogens is 477 g/mol. The molecule has 36 heavy (non-hydrogen) atoms. The predicted molar refractivity (Wildman–Crippen MR) is 124 cm³/mol. The molecule has 3 heterocycles. The SMILES string of the molecule is NC(=O)C([C@@H]1C[C@H]2COC[C@@H](C1)C2O)N1CCN(c2nncc(-c3ccc(C(F)(F)F)cc3)n2)CC1. The Kier molecular flexibility index (Phi) is 6.84. The van der Waals surface area contributed by atoms with Crippen LogP contribution in [0.3, 0.4) is 0 Å². The summed E-state index contributed by atoms with van der Waals surface area (Å²) in [6.45, 7) is 3.26. The topological polar surface area (TPSA) is 118 Å². The van der Waals surface area contributed by atoms with Gasteiger partial charge in [0.2, 0.25) is 11.9 Å². The molecule has 2 bridgehead atoms. The number of aromatic nitrogens is 3. The quantitative estimate of drug-likeness (QED) is 0.628. The van der Waals surface area contributed by atoms with E-state index in [4.69, 9.17) is 10.5 Å². The zero-order valence-corrected chi connectivity index (χ0v) is 19.6. The van der Waals surface area contributed by atoms with Crippen LogP contribution in [0.25, 0.3) is 11.3 Å². The highest BCUT2D eigenvalue weighted by Crippen LogP contribution is 2.40. The van der Waals surface area contributed by atoms with Crippen molar-refractivity contribution in [1.29, 1.82) is 0 Å². The van der Waals surface area contributed by atoms with Crippen LogP contribution in [0.1, 0.15) is 18.4 Å². The summed E-state index contributed by atoms with van der Waals surface area (Å²) in [5, 5.41) is 18.6. The van der Waals surface area contributed by atoms with E-state index in [2.05, 4.69) is 20.1 Å². The minimum Gasteiger partial charge on any atom is -0.392 e. The van der Waals surface area contributed by atoms with Gasteiger partial charge in [-0.05, 0) is 30.9 Å². The molecule has 2 saturated heterocycles. The van der Waals surface area contributed by atoms with Crippen molar-refractivity contribution in [2.24, 2.45) is 23.5 Å². The average Bonchev–Trinajstić information content (AvgIpc) is 2.84. The van der Waals surface area contributed by atoms with Crippen LogP contribution in [0.15, 0.2) is 30.5 Å². The fraction of sp³-hybridized carbons (Fsp3) is 0.583. The van der Waals surface area contributed by atoms with E-state index in [-0.39, 0.29) is 29.8 Å². The number of halogens is 3. The highest BCUT2D eigenvalue weighted by Gasteiger charge is 2.45. The molecular formula is C24H29F3N6O3. The summed E-state index contributed by atoms with van der Waals surface area (Å²) in [4.78, 5) is 21.1. The van der Waals surface area contributed by atoms with Gasteiger partial charge in [-0.25, -0.2) is 4.98 Å². The van der Waals surface area contributed by atoms with E-state index in [1.807, 2.05) is 4.90 Å². The van der Waals surface area contributed by atoms with E-state index >= 15 is 0 Å². The maximum atomic E-state index is 12.9. The van der Waals surface area contributed by atoms with E-state index in [9.17, 15) is 23.1 Å². The molecule has 5 atom stereocenters. The summed E-state index contributed by atoms with van der Waals surface area (Å²) < 4.78 is 44.2. The molecule has 1 aromatic carbocycles. The van der Waals surface area contributed by atoms with Crippen LogP contribution in [0.5, 0.6) is 0 Å². The molecule has 3 N–H and O–H groups in total. The number of aliphatic hydroxyl groups is 1. The third kappa shape index (κ3) is 5.02. The highest BCUT2D eigenvalue weighted by molar-refractivity contribution is 5.80. The van der Waals surface area contributed by atoms with Crippen LogP contribution >= 0.6 is 0 Å². The number of anilines is 1. The first-order valence-corrected chi connectivity index (χ1v) is 12.1. The number of benzene rings is 1. The first-order chi connectivity index (χ1) is 17.2. The molecule has 2 aromatic rings. The Hall–Kier alpha value is -2.83. The third-order valence-electron chi connectivity index (χ3n) is 7.62. The Labute approximate surface area is 206 Å².